The Morgan fingerprint density at radius 3 is 2.30 bits per heavy atom. The second-order valence-electron chi connectivity index (χ2n) is 4.78. The number of hydrogen-bond acceptors (Lipinski definition) is 6. The van der Waals surface area contributed by atoms with Crippen LogP contribution in [-0.4, -0.2) is 53.0 Å². The monoisotopic (exact) mass is 346 g/mol. The predicted octanol–water partition coefficient (Wildman–Crippen LogP) is 0.271. The van der Waals surface area contributed by atoms with Crippen molar-refractivity contribution in [1.29, 1.82) is 0 Å². The highest BCUT2D eigenvalue weighted by Gasteiger charge is 2.35. The molecular weight excluding hydrogens is 328 g/mol. The van der Waals surface area contributed by atoms with Crippen molar-refractivity contribution in [2.24, 2.45) is 5.73 Å². The van der Waals surface area contributed by atoms with Crippen LogP contribution in [0.2, 0.25) is 0 Å². The van der Waals surface area contributed by atoms with Crippen LogP contribution < -0.4 is 5.73 Å². The molecule has 0 aromatic heterocycles. The Hall–Kier alpha value is -2.01. The van der Waals surface area contributed by atoms with Gasteiger partial charge in [-0.3, -0.25) is 9.35 Å². The molecule has 0 heterocycles. The van der Waals surface area contributed by atoms with Crippen molar-refractivity contribution in [2.75, 3.05) is 5.75 Å². The molecule has 0 fully saturated rings. The Morgan fingerprint density at radius 2 is 1.87 bits per heavy atom. The van der Waals surface area contributed by atoms with Gasteiger partial charge in [-0.1, -0.05) is 30.3 Å². The number of benzene rings is 1. The first-order chi connectivity index (χ1) is 10.6. The average molecular weight is 346 g/mol. The van der Waals surface area contributed by atoms with Crippen molar-refractivity contribution in [2.45, 2.75) is 25.8 Å². The summed E-state index contributed by atoms with van der Waals surface area (Å²) in [5.41, 5.74) is 5.99. The van der Waals surface area contributed by atoms with Gasteiger partial charge < -0.3 is 15.6 Å². The first-order valence-electron chi connectivity index (χ1n) is 6.54. The maximum Gasteiger partial charge on any atom is 0.416 e. The number of carbonyl (C=O) groups is 2. The fraction of sp³-hybridized carbons (Fsp3) is 0.385. The van der Waals surface area contributed by atoms with E-state index in [1.54, 1.807) is 30.3 Å². The molecule has 0 saturated carbocycles. The van der Waals surface area contributed by atoms with Crippen molar-refractivity contribution >= 4 is 22.1 Å². The largest absolute Gasteiger partial charge is 0.465 e. The van der Waals surface area contributed by atoms with Gasteiger partial charge in [0.05, 0.1) is 12.6 Å². The second kappa shape index (κ2) is 8.02. The molecule has 0 aliphatic rings. The lowest BCUT2D eigenvalue weighted by Gasteiger charge is -2.28. The summed E-state index contributed by atoms with van der Waals surface area (Å²) in [5.74, 6) is -2.14. The fourth-order valence-electron chi connectivity index (χ4n) is 1.72. The van der Waals surface area contributed by atoms with Crippen LogP contribution in [0.3, 0.4) is 0 Å². The maximum absolute atomic E-state index is 11.9. The summed E-state index contributed by atoms with van der Waals surface area (Å²) in [5, 5.41) is 9.15. The molecule has 1 rings (SSSR count). The van der Waals surface area contributed by atoms with E-state index in [-0.39, 0.29) is 11.5 Å². The molecule has 4 N–H and O–H groups in total. The van der Waals surface area contributed by atoms with Crippen LogP contribution in [0.15, 0.2) is 30.3 Å². The van der Waals surface area contributed by atoms with Crippen molar-refractivity contribution in [3.8, 4) is 0 Å². The molecule has 0 saturated heterocycles. The Balaban J connectivity index is 3.01. The van der Waals surface area contributed by atoms with Crippen LogP contribution in [0, 0.1) is 0 Å². The summed E-state index contributed by atoms with van der Waals surface area (Å²) in [7, 11) is -4.59. The molecule has 10 heteroatoms. The van der Waals surface area contributed by atoms with Crippen molar-refractivity contribution in [1.82, 2.24) is 4.90 Å². The van der Waals surface area contributed by atoms with Crippen LogP contribution in [-0.2, 0) is 26.3 Å². The van der Waals surface area contributed by atoms with Gasteiger partial charge in [-0.15, -0.1) is 0 Å². The number of rotatable bonds is 7. The zero-order chi connectivity index (χ0) is 17.6. The molecular formula is C13H18N2O7S. The van der Waals surface area contributed by atoms with Crippen LogP contribution >= 0.6 is 0 Å². The van der Waals surface area contributed by atoms with Crippen LogP contribution in [0.4, 0.5) is 4.79 Å². The third-order valence-electron chi connectivity index (χ3n) is 2.76. The van der Waals surface area contributed by atoms with E-state index in [9.17, 15) is 18.0 Å². The molecule has 1 aromatic rings. The predicted molar refractivity (Wildman–Crippen MR) is 80.0 cm³/mol. The minimum Gasteiger partial charge on any atom is -0.465 e. The highest BCUT2D eigenvalue weighted by Crippen LogP contribution is 2.11. The van der Waals surface area contributed by atoms with Gasteiger partial charge in [0.15, 0.2) is 6.23 Å². The number of hydrogen-bond donors (Lipinski definition) is 3. The summed E-state index contributed by atoms with van der Waals surface area (Å²) < 4.78 is 36.4. The van der Waals surface area contributed by atoms with E-state index in [1.165, 1.54) is 6.92 Å². The molecule has 0 aliphatic carbocycles. The molecule has 1 unspecified atom stereocenters. The molecule has 0 spiro atoms. The van der Waals surface area contributed by atoms with Crippen molar-refractivity contribution < 1.29 is 32.4 Å². The number of amides is 2. The van der Waals surface area contributed by atoms with E-state index >= 15 is 0 Å². The van der Waals surface area contributed by atoms with Gasteiger partial charge in [-0.2, -0.15) is 8.42 Å². The lowest BCUT2D eigenvalue weighted by Crippen LogP contribution is -2.53. The van der Waals surface area contributed by atoms with Crippen LogP contribution in [0.5, 0.6) is 0 Å². The van der Waals surface area contributed by atoms with E-state index in [0.29, 0.717) is 5.56 Å². The quantitative estimate of drug-likeness (QED) is 0.471. The highest BCUT2D eigenvalue weighted by atomic mass is 32.2. The number of nitrogens with zero attached hydrogens (tertiary/aromatic N) is 1. The minimum atomic E-state index is -4.59. The van der Waals surface area contributed by atoms with E-state index < -0.39 is 40.1 Å². The normalized spacial score (nSPS) is 14.0. The number of nitrogens with two attached hydrogens (primary N) is 1. The van der Waals surface area contributed by atoms with Gasteiger partial charge in [0.2, 0.25) is 0 Å². The molecule has 9 nitrogen and oxygen atoms in total. The van der Waals surface area contributed by atoms with E-state index in [0.717, 1.165) is 0 Å². The Morgan fingerprint density at radius 1 is 1.30 bits per heavy atom. The topological polar surface area (TPSA) is 147 Å². The third-order valence-corrected chi connectivity index (χ3v) is 3.47. The molecule has 128 valence electrons. The summed E-state index contributed by atoms with van der Waals surface area (Å²) in [4.78, 5) is 23.3. The third kappa shape index (κ3) is 6.32. The number of imide groups is 1. The summed E-state index contributed by atoms with van der Waals surface area (Å²) in [6.45, 7) is 1.09. The standard InChI is InChI=1S/C13H18N2O7S/c1-9(14)12(16)15(13(17)18)11(8-23(19,20)21)22-7-10-5-3-2-4-6-10/h2-6,9,11H,7-8,14H2,1H3,(H,17,18)(H,19,20,21)/t9-,11?/m0/s1. The number of carbonyl (C=O) groups excluding carboxylic acids is 1. The van der Waals surface area contributed by atoms with Gasteiger partial charge in [-0.25, -0.2) is 9.69 Å². The minimum absolute atomic E-state index is 0.156. The zero-order valence-electron chi connectivity index (χ0n) is 12.3. The molecule has 2 amide bonds. The van der Waals surface area contributed by atoms with Crippen LogP contribution in [0.25, 0.3) is 0 Å². The van der Waals surface area contributed by atoms with E-state index in [2.05, 4.69) is 0 Å². The Kier molecular flexibility index (Phi) is 6.63. The highest BCUT2D eigenvalue weighted by molar-refractivity contribution is 7.85. The number of carboxylic acid groups (broad SMARTS) is 1. The van der Waals surface area contributed by atoms with Gasteiger partial charge in [0.25, 0.3) is 16.0 Å². The van der Waals surface area contributed by atoms with Gasteiger partial charge in [0.1, 0.15) is 5.75 Å². The first-order valence-corrected chi connectivity index (χ1v) is 8.15. The Bertz CT molecular complexity index is 646. The van der Waals surface area contributed by atoms with Gasteiger partial charge in [-0.05, 0) is 12.5 Å². The van der Waals surface area contributed by atoms with E-state index in [4.69, 9.17) is 20.1 Å². The molecule has 2 atom stereocenters. The average Bonchev–Trinajstić information content (AvgIpc) is 2.43. The molecule has 0 bridgehead atoms. The summed E-state index contributed by atoms with van der Waals surface area (Å²) in [6.07, 6.45) is -3.45. The molecule has 0 radical (unpaired) electrons. The molecule has 0 aliphatic heterocycles. The molecule has 23 heavy (non-hydrogen) atoms. The molecule has 1 aromatic carbocycles. The van der Waals surface area contributed by atoms with Gasteiger partial charge >= 0.3 is 6.09 Å². The SMILES string of the molecule is C[C@H](N)C(=O)N(C(=O)O)C(CS(=O)(=O)O)OCc1ccccc1. The van der Waals surface area contributed by atoms with Crippen LogP contribution in [0.1, 0.15) is 12.5 Å². The van der Waals surface area contributed by atoms with Crippen molar-refractivity contribution in [3.63, 3.8) is 0 Å². The van der Waals surface area contributed by atoms with Crippen molar-refractivity contribution in [3.05, 3.63) is 35.9 Å². The van der Waals surface area contributed by atoms with Gasteiger partial charge in [0, 0.05) is 0 Å². The second-order valence-corrected chi connectivity index (χ2v) is 6.28. The van der Waals surface area contributed by atoms with E-state index in [1.807, 2.05) is 0 Å². The first kappa shape index (κ1) is 19.0. The zero-order valence-corrected chi connectivity index (χ0v) is 13.1. The number of ether oxygens (including phenoxy) is 1. The maximum atomic E-state index is 11.9. The Labute approximate surface area is 133 Å². The fourth-order valence-corrected chi connectivity index (χ4v) is 2.33. The summed E-state index contributed by atoms with van der Waals surface area (Å²) >= 11 is 0. The lowest BCUT2D eigenvalue weighted by molar-refractivity contribution is -0.141. The smallest absolute Gasteiger partial charge is 0.416 e. The summed E-state index contributed by atoms with van der Waals surface area (Å²) in [6, 6.07) is 7.32. The lowest BCUT2D eigenvalue weighted by atomic mass is 10.2.